The van der Waals surface area contributed by atoms with E-state index in [4.69, 9.17) is 9.90 Å². The van der Waals surface area contributed by atoms with Gasteiger partial charge in [0.25, 0.3) is 0 Å². The lowest BCUT2D eigenvalue weighted by Gasteiger charge is -1.99. The Balaban J connectivity index is 0.000000980. The summed E-state index contributed by atoms with van der Waals surface area (Å²) in [5.41, 5.74) is 0. The van der Waals surface area contributed by atoms with Crippen LogP contribution < -0.4 is 9.67 Å². The van der Waals surface area contributed by atoms with Gasteiger partial charge in [-0.2, -0.15) is 0 Å². The molecule has 1 rings (SSSR count). The molecule has 0 fully saturated rings. The molecule has 22 heavy (non-hydrogen) atoms. The van der Waals surface area contributed by atoms with Crippen molar-refractivity contribution < 1.29 is 14.5 Å². The first kappa shape index (κ1) is 20.7. The number of hydrogen-bond donors (Lipinski definition) is 0. The summed E-state index contributed by atoms with van der Waals surface area (Å²) in [7, 11) is 0. The van der Waals surface area contributed by atoms with Crippen LogP contribution in [0.1, 0.15) is 78.6 Å². The van der Waals surface area contributed by atoms with Gasteiger partial charge in [-0.25, -0.2) is 9.13 Å². The van der Waals surface area contributed by atoms with Crippen molar-refractivity contribution in [1.29, 1.82) is 0 Å². The normalized spacial score (nSPS) is 10.1. The van der Waals surface area contributed by atoms with E-state index in [1.165, 1.54) is 70.9 Å². The molecule has 0 aromatic carbocycles. The Morgan fingerprint density at radius 2 is 1.55 bits per heavy atom. The van der Waals surface area contributed by atoms with Gasteiger partial charge in [-0.05, 0) is 32.6 Å². The van der Waals surface area contributed by atoms with Crippen LogP contribution in [0.5, 0.6) is 0 Å². The number of aliphatic carboxylic acids is 1. The number of rotatable bonds is 11. The van der Waals surface area contributed by atoms with Crippen molar-refractivity contribution in [2.45, 2.75) is 91.6 Å². The van der Waals surface area contributed by atoms with Crippen LogP contribution in [0, 0.1) is 0 Å². The first-order valence-corrected chi connectivity index (χ1v) is 8.82. The molecule has 1 aromatic heterocycles. The molecule has 0 amide bonds. The van der Waals surface area contributed by atoms with Crippen molar-refractivity contribution in [3.05, 3.63) is 18.7 Å². The molecule has 0 saturated heterocycles. The van der Waals surface area contributed by atoms with E-state index in [-0.39, 0.29) is 0 Å². The van der Waals surface area contributed by atoms with Gasteiger partial charge in [0, 0.05) is 5.97 Å². The summed E-state index contributed by atoms with van der Waals surface area (Å²) in [6.07, 6.45) is 18.9. The second-order valence-electron chi connectivity index (χ2n) is 5.86. The summed E-state index contributed by atoms with van der Waals surface area (Å²) in [6, 6.07) is 0. The van der Waals surface area contributed by atoms with Crippen molar-refractivity contribution in [3.63, 3.8) is 0 Å². The first-order valence-electron chi connectivity index (χ1n) is 8.82. The van der Waals surface area contributed by atoms with E-state index < -0.39 is 5.97 Å². The molecule has 0 bridgehead atoms. The van der Waals surface area contributed by atoms with Crippen molar-refractivity contribution in [2.75, 3.05) is 0 Å². The van der Waals surface area contributed by atoms with Crippen LogP contribution in [-0.4, -0.2) is 10.5 Å². The van der Waals surface area contributed by atoms with Crippen LogP contribution in [0.3, 0.4) is 0 Å². The minimum absolute atomic E-state index is 0.972. The second kappa shape index (κ2) is 14.6. The molecule has 4 heteroatoms. The Hall–Kier alpha value is -1.32. The lowest BCUT2D eigenvalue weighted by Crippen LogP contribution is -2.30. The third-order valence-corrected chi connectivity index (χ3v) is 3.54. The number of carboxylic acids is 1. The number of carbonyl (C=O) groups is 1. The molecular weight excluding hydrogens is 276 g/mol. The third kappa shape index (κ3) is 13.7. The van der Waals surface area contributed by atoms with E-state index in [1.54, 1.807) is 0 Å². The first-order chi connectivity index (χ1) is 10.6. The molecule has 0 atom stereocenters. The smallest absolute Gasteiger partial charge is 0.243 e. The van der Waals surface area contributed by atoms with Gasteiger partial charge >= 0.3 is 0 Å². The zero-order valence-electron chi connectivity index (χ0n) is 14.7. The predicted octanol–water partition coefficient (Wildman–Crippen LogP) is 3.08. The molecule has 0 unspecified atom stereocenters. The van der Waals surface area contributed by atoms with E-state index in [1.807, 2.05) is 0 Å². The molecule has 0 aliphatic heterocycles. The molecule has 0 saturated carbocycles. The number of unbranched alkanes of at least 4 members (excludes halogenated alkanes) is 7. The Morgan fingerprint density at radius 1 is 1.00 bits per heavy atom. The number of carbonyl (C=O) groups excluding carboxylic acids is 1. The van der Waals surface area contributed by atoms with E-state index >= 15 is 0 Å². The quantitative estimate of drug-likeness (QED) is 0.466. The van der Waals surface area contributed by atoms with Gasteiger partial charge in [-0.3, -0.25) is 0 Å². The summed E-state index contributed by atoms with van der Waals surface area (Å²) in [5.74, 6) is -1.08. The van der Waals surface area contributed by atoms with E-state index in [0.717, 1.165) is 6.92 Å². The predicted molar refractivity (Wildman–Crippen MR) is 88.2 cm³/mol. The van der Waals surface area contributed by atoms with E-state index in [9.17, 15) is 0 Å². The fourth-order valence-corrected chi connectivity index (χ4v) is 2.32. The van der Waals surface area contributed by atoms with Crippen LogP contribution in [0.15, 0.2) is 18.7 Å². The number of aryl methyl sites for hydroxylation is 2. The van der Waals surface area contributed by atoms with Gasteiger partial charge in [-0.1, -0.05) is 46.0 Å². The number of hydrogen-bond acceptors (Lipinski definition) is 2. The van der Waals surface area contributed by atoms with Crippen molar-refractivity contribution in [3.8, 4) is 0 Å². The van der Waals surface area contributed by atoms with Crippen molar-refractivity contribution >= 4 is 5.97 Å². The minimum Gasteiger partial charge on any atom is -0.550 e. The Morgan fingerprint density at radius 3 is 2.18 bits per heavy atom. The maximum Gasteiger partial charge on any atom is 0.243 e. The number of carboxylic acid groups (broad SMARTS) is 1. The number of nitrogens with zero attached hydrogens (tertiary/aromatic N) is 2. The minimum atomic E-state index is -1.08. The fraction of sp³-hybridized carbons (Fsp3) is 0.778. The van der Waals surface area contributed by atoms with Crippen LogP contribution in [-0.2, 0) is 17.9 Å². The molecule has 1 aromatic rings. The van der Waals surface area contributed by atoms with Crippen LogP contribution >= 0.6 is 0 Å². The lowest BCUT2D eigenvalue weighted by atomic mass is 10.1. The number of aromatic nitrogens is 2. The zero-order valence-corrected chi connectivity index (χ0v) is 14.7. The van der Waals surface area contributed by atoms with Gasteiger partial charge in [0.1, 0.15) is 12.4 Å². The Labute approximate surface area is 136 Å². The highest BCUT2D eigenvalue weighted by Crippen LogP contribution is 2.05. The Bertz CT molecular complexity index is 371. The average molecular weight is 310 g/mol. The molecule has 1 heterocycles. The summed E-state index contributed by atoms with van der Waals surface area (Å²) in [4.78, 5) is 8.89. The topological polar surface area (TPSA) is 48.9 Å². The number of imidazole rings is 1. The van der Waals surface area contributed by atoms with Gasteiger partial charge in [-0.15, -0.1) is 0 Å². The van der Waals surface area contributed by atoms with Crippen molar-refractivity contribution in [1.82, 2.24) is 4.57 Å². The molecule has 0 aliphatic carbocycles. The fourth-order valence-electron chi connectivity index (χ4n) is 2.32. The van der Waals surface area contributed by atoms with Gasteiger partial charge in [0.15, 0.2) is 0 Å². The molecule has 128 valence electrons. The van der Waals surface area contributed by atoms with Crippen LogP contribution in [0.4, 0.5) is 0 Å². The molecular formula is C18H34N2O2. The summed E-state index contributed by atoms with van der Waals surface area (Å²) < 4.78 is 4.67. The maximum atomic E-state index is 8.89. The molecule has 0 aliphatic rings. The van der Waals surface area contributed by atoms with Gasteiger partial charge in [0.05, 0.1) is 13.1 Å². The van der Waals surface area contributed by atoms with Gasteiger partial charge < -0.3 is 9.90 Å². The Kier molecular flexibility index (Phi) is 13.7. The lowest BCUT2D eigenvalue weighted by molar-refractivity contribution is -0.696. The zero-order chi connectivity index (χ0) is 16.6. The largest absolute Gasteiger partial charge is 0.550 e. The molecule has 0 radical (unpaired) electrons. The highest BCUT2D eigenvalue weighted by molar-refractivity contribution is 5.60. The van der Waals surface area contributed by atoms with Crippen molar-refractivity contribution in [2.24, 2.45) is 0 Å². The van der Waals surface area contributed by atoms with Gasteiger partial charge in [0.2, 0.25) is 6.33 Å². The molecule has 0 N–H and O–H groups in total. The SMILES string of the molecule is CC(=O)[O-].CCCCCCCCn1cc[n+](CCCCC)c1. The summed E-state index contributed by atoms with van der Waals surface area (Å²) in [6.45, 7) is 7.87. The average Bonchev–Trinajstić information content (AvgIpc) is 2.90. The van der Waals surface area contributed by atoms with Crippen LogP contribution in [0.25, 0.3) is 0 Å². The molecule has 4 nitrogen and oxygen atoms in total. The third-order valence-electron chi connectivity index (χ3n) is 3.54. The highest BCUT2D eigenvalue weighted by atomic mass is 16.4. The standard InChI is InChI=1S/C16H31N2.C2H4O2/c1-3-5-7-8-9-11-13-18-15-14-17(16-18)12-10-6-4-2;1-2(3)4/h14-16H,3-13H2,1-2H3;1H3,(H,3,4)/q+1;/p-1. The van der Waals surface area contributed by atoms with Crippen LogP contribution in [0.2, 0.25) is 0 Å². The highest BCUT2D eigenvalue weighted by Gasteiger charge is 2.02. The second-order valence-corrected chi connectivity index (χ2v) is 5.86. The summed E-state index contributed by atoms with van der Waals surface area (Å²) >= 11 is 0. The molecule has 0 spiro atoms. The maximum absolute atomic E-state index is 8.89. The van der Waals surface area contributed by atoms with E-state index in [2.05, 4.69) is 41.7 Å². The monoisotopic (exact) mass is 310 g/mol. The summed E-state index contributed by atoms with van der Waals surface area (Å²) in [5, 5.41) is 8.89. The van der Waals surface area contributed by atoms with E-state index in [0.29, 0.717) is 0 Å².